The van der Waals surface area contributed by atoms with Gasteiger partial charge in [-0.05, 0) is 24.2 Å². The van der Waals surface area contributed by atoms with Gasteiger partial charge in [-0.15, -0.1) is 0 Å². The van der Waals surface area contributed by atoms with Crippen LogP contribution in [0, 0.1) is 0 Å². The van der Waals surface area contributed by atoms with E-state index in [0.29, 0.717) is 0 Å². The van der Waals surface area contributed by atoms with Gasteiger partial charge in [-0.3, -0.25) is 0 Å². The van der Waals surface area contributed by atoms with Crippen LogP contribution >= 0.6 is 0 Å². The van der Waals surface area contributed by atoms with Crippen LogP contribution in [0.1, 0.15) is 20.8 Å². The van der Waals surface area contributed by atoms with Gasteiger partial charge in [0.1, 0.15) is 18.3 Å². The summed E-state index contributed by atoms with van der Waals surface area (Å²) in [6.45, 7) is 9.86. The van der Waals surface area contributed by atoms with E-state index in [1.807, 2.05) is 33.9 Å². The summed E-state index contributed by atoms with van der Waals surface area (Å²) in [6, 6.07) is 0. The molecule has 0 aromatic heterocycles. The van der Waals surface area contributed by atoms with Crippen molar-refractivity contribution in [3.05, 3.63) is 12.2 Å². The molecule has 2 unspecified atom stereocenters. The van der Waals surface area contributed by atoms with Crippen molar-refractivity contribution < 1.29 is 29.3 Å². The fraction of sp³-hybridized carbons (Fsp3) is 0.786. The van der Waals surface area contributed by atoms with Gasteiger partial charge in [-0.1, -0.05) is 26.8 Å². The summed E-state index contributed by atoms with van der Waals surface area (Å²) in [4.78, 5) is 11.9. The first-order chi connectivity index (χ1) is 9.37. The van der Waals surface area contributed by atoms with Crippen LogP contribution in [0.4, 0.5) is 0 Å². The maximum absolute atomic E-state index is 11.9. The highest BCUT2D eigenvalue weighted by Gasteiger charge is 2.54. The Kier molecular flexibility index (Phi) is 5.07. The minimum Gasteiger partial charge on any atom is -0.467 e. The molecule has 0 spiro atoms. The lowest BCUT2D eigenvalue weighted by Crippen LogP contribution is -2.63. The molecule has 0 heterocycles. The molecule has 6 nitrogen and oxygen atoms in total. The van der Waals surface area contributed by atoms with Crippen LogP contribution in [0.3, 0.4) is 0 Å². The number of ether oxygens (including phenoxy) is 1. The van der Waals surface area contributed by atoms with E-state index in [1.54, 1.807) is 0 Å². The molecular weight excluding hydrogens is 292 g/mol. The Labute approximate surface area is 126 Å². The first kappa shape index (κ1) is 18.3. The molecule has 3 N–H and O–H groups in total. The Morgan fingerprint density at radius 1 is 1.29 bits per heavy atom. The van der Waals surface area contributed by atoms with Gasteiger partial charge in [0.15, 0.2) is 8.32 Å². The molecular formula is C14H26O6Si. The predicted molar refractivity (Wildman–Crippen MR) is 80.2 cm³/mol. The fourth-order valence-electron chi connectivity index (χ4n) is 1.89. The van der Waals surface area contributed by atoms with Gasteiger partial charge in [0.25, 0.3) is 0 Å². The van der Waals surface area contributed by atoms with Crippen molar-refractivity contribution in [3.8, 4) is 0 Å². The first-order valence-corrected chi connectivity index (χ1v) is 9.82. The van der Waals surface area contributed by atoms with Crippen LogP contribution in [-0.4, -0.2) is 60.6 Å². The summed E-state index contributed by atoms with van der Waals surface area (Å²) in [5.74, 6) is -0.923. The Hall–Kier alpha value is -0.733. The number of aliphatic hydroxyl groups is 3. The van der Waals surface area contributed by atoms with Gasteiger partial charge in [-0.2, -0.15) is 0 Å². The third kappa shape index (κ3) is 3.37. The highest BCUT2D eigenvalue weighted by atomic mass is 28.4. The molecule has 0 aliphatic heterocycles. The number of hydrogen-bond donors (Lipinski definition) is 3. The molecule has 7 heteroatoms. The molecule has 0 aromatic rings. The maximum atomic E-state index is 11.9. The standard InChI is InChI=1S/C14H26O6Si/c1-13(2,3)21(5,6)20-11-10(16)9(15)7-8-14(11,18)12(17)19-4/h7-11,15-16,18H,1-6H3/t9?,10?,11-,14+/m1/s1. The van der Waals surface area contributed by atoms with Crippen LogP contribution in [-0.2, 0) is 14.0 Å². The van der Waals surface area contributed by atoms with Crippen LogP contribution in [0.15, 0.2) is 12.2 Å². The van der Waals surface area contributed by atoms with E-state index >= 15 is 0 Å². The molecule has 1 aliphatic carbocycles. The normalized spacial score (nSPS) is 33.9. The van der Waals surface area contributed by atoms with Crippen LogP contribution in [0.5, 0.6) is 0 Å². The lowest BCUT2D eigenvalue weighted by molar-refractivity contribution is -0.180. The molecule has 0 saturated heterocycles. The lowest BCUT2D eigenvalue weighted by Gasteiger charge is -2.46. The number of carbonyl (C=O) groups is 1. The van der Waals surface area contributed by atoms with Crippen LogP contribution in [0.2, 0.25) is 18.1 Å². The third-order valence-corrected chi connectivity index (χ3v) is 8.84. The molecule has 1 aliphatic rings. The third-order valence-electron chi connectivity index (χ3n) is 4.38. The minimum absolute atomic E-state index is 0.185. The number of hydrogen-bond acceptors (Lipinski definition) is 6. The Morgan fingerprint density at radius 3 is 2.24 bits per heavy atom. The van der Waals surface area contributed by atoms with Crippen molar-refractivity contribution in [2.75, 3.05) is 7.11 Å². The summed E-state index contributed by atoms with van der Waals surface area (Å²) in [5, 5.41) is 30.3. The Bertz CT molecular complexity index is 428. The average Bonchev–Trinajstić information content (AvgIpc) is 2.37. The largest absolute Gasteiger partial charge is 0.467 e. The molecule has 1 rings (SSSR count). The topological polar surface area (TPSA) is 96.2 Å². The van der Waals surface area contributed by atoms with Crippen molar-refractivity contribution in [1.82, 2.24) is 0 Å². The zero-order chi connectivity index (χ0) is 16.6. The fourth-order valence-corrected chi connectivity index (χ4v) is 3.20. The van der Waals surface area contributed by atoms with E-state index in [4.69, 9.17) is 4.43 Å². The molecule has 4 atom stereocenters. The summed E-state index contributed by atoms with van der Waals surface area (Å²) >= 11 is 0. The van der Waals surface area contributed by atoms with Crippen molar-refractivity contribution >= 4 is 14.3 Å². The zero-order valence-corrected chi connectivity index (χ0v) is 14.5. The molecule has 0 radical (unpaired) electrons. The molecule has 0 fully saturated rings. The second kappa shape index (κ2) is 5.81. The highest BCUT2D eigenvalue weighted by molar-refractivity contribution is 6.74. The summed E-state index contributed by atoms with van der Waals surface area (Å²) in [6.07, 6.45) is -1.58. The van der Waals surface area contributed by atoms with Gasteiger partial charge in [0.05, 0.1) is 7.11 Å². The minimum atomic E-state index is -2.38. The molecule has 0 bridgehead atoms. The van der Waals surface area contributed by atoms with Crippen molar-refractivity contribution in [1.29, 1.82) is 0 Å². The van der Waals surface area contributed by atoms with E-state index in [2.05, 4.69) is 4.74 Å². The molecule has 21 heavy (non-hydrogen) atoms. The van der Waals surface area contributed by atoms with Gasteiger partial charge in [0.2, 0.25) is 5.60 Å². The smallest absolute Gasteiger partial charge is 0.344 e. The summed E-state index contributed by atoms with van der Waals surface area (Å²) in [7, 11) is -1.24. The van der Waals surface area contributed by atoms with E-state index < -0.39 is 38.2 Å². The van der Waals surface area contributed by atoms with E-state index in [-0.39, 0.29) is 5.04 Å². The summed E-state index contributed by atoms with van der Waals surface area (Å²) in [5.41, 5.74) is -2.11. The number of methoxy groups -OCH3 is 1. The Morgan fingerprint density at radius 2 is 1.81 bits per heavy atom. The number of aliphatic hydroxyl groups excluding tert-OH is 2. The first-order valence-electron chi connectivity index (χ1n) is 6.91. The lowest BCUT2D eigenvalue weighted by atomic mass is 9.84. The second-order valence-corrected chi connectivity index (χ2v) is 11.7. The van der Waals surface area contributed by atoms with E-state index in [9.17, 15) is 20.1 Å². The van der Waals surface area contributed by atoms with E-state index in [0.717, 1.165) is 13.2 Å². The number of carbonyl (C=O) groups excluding carboxylic acids is 1. The quantitative estimate of drug-likeness (QED) is 0.400. The Balaban J connectivity index is 3.21. The zero-order valence-electron chi connectivity index (χ0n) is 13.5. The maximum Gasteiger partial charge on any atom is 0.344 e. The predicted octanol–water partition coefficient (Wildman–Crippen LogP) is 0.572. The molecule has 122 valence electrons. The van der Waals surface area contributed by atoms with Crippen molar-refractivity contribution in [2.45, 2.75) is 62.8 Å². The monoisotopic (exact) mass is 318 g/mol. The molecule has 0 amide bonds. The summed E-state index contributed by atoms with van der Waals surface area (Å²) < 4.78 is 10.6. The van der Waals surface area contributed by atoms with Gasteiger partial charge < -0.3 is 24.5 Å². The van der Waals surface area contributed by atoms with E-state index in [1.165, 1.54) is 6.08 Å². The molecule has 0 aromatic carbocycles. The molecule has 0 saturated carbocycles. The second-order valence-electron chi connectivity index (χ2n) is 6.96. The highest BCUT2D eigenvalue weighted by Crippen LogP contribution is 2.40. The van der Waals surface area contributed by atoms with Gasteiger partial charge in [0, 0.05) is 0 Å². The van der Waals surface area contributed by atoms with Crippen molar-refractivity contribution in [3.63, 3.8) is 0 Å². The average molecular weight is 318 g/mol. The van der Waals surface area contributed by atoms with Crippen molar-refractivity contribution in [2.24, 2.45) is 0 Å². The van der Waals surface area contributed by atoms with Gasteiger partial charge >= 0.3 is 5.97 Å². The SMILES string of the molecule is COC(=O)[C@]1(O)C=CC(O)C(O)[C@H]1O[Si](C)(C)C(C)(C)C. The van der Waals surface area contributed by atoms with Crippen LogP contribution in [0.25, 0.3) is 0 Å². The van der Waals surface area contributed by atoms with Crippen LogP contribution < -0.4 is 0 Å². The number of rotatable bonds is 3. The number of esters is 1. The van der Waals surface area contributed by atoms with Gasteiger partial charge in [-0.25, -0.2) is 4.79 Å².